The summed E-state index contributed by atoms with van der Waals surface area (Å²) in [7, 11) is 0. The van der Waals surface area contributed by atoms with Gasteiger partial charge in [0.25, 0.3) is 0 Å². The molecule has 1 aromatic carbocycles. The van der Waals surface area contributed by atoms with Crippen molar-refractivity contribution in [1.29, 1.82) is 0 Å². The maximum Gasteiger partial charge on any atom is 0.307 e. The van der Waals surface area contributed by atoms with Gasteiger partial charge < -0.3 is 5.73 Å². The fourth-order valence-corrected chi connectivity index (χ4v) is 2.88. The Balaban J connectivity index is 2.17. The van der Waals surface area contributed by atoms with Crippen LogP contribution in [-0.4, -0.2) is 9.55 Å². The molecule has 0 fully saturated rings. The molecule has 0 unspecified atom stereocenters. The largest absolute Gasteiger partial charge is 0.398 e. The Morgan fingerprint density at radius 2 is 2.21 bits per heavy atom. The van der Waals surface area contributed by atoms with Crippen molar-refractivity contribution in [2.75, 3.05) is 5.73 Å². The van der Waals surface area contributed by atoms with E-state index in [1.807, 2.05) is 36.6 Å². The number of rotatable bonds is 2. The summed E-state index contributed by atoms with van der Waals surface area (Å²) >= 11 is 1.22. The van der Waals surface area contributed by atoms with Crippen LogP contribution in [0.4, 0.5) is 5.69 Å². The normalized spacial score (nSPS) is 11.0. The summed E-state index contributed by atoms with van der Waals surface area (Å²) in [5, 5.41) is 2.80. The van der Waals surface area contributed by atoms with Gasteiger partial charge in [-0.05, 0) is 30.7 Å². The molecule has 0 aliphatic rings. The minimum atomic E-state index is 0.0541. The van der Waals surface area contributed by atoms with Gasteiger partial charge >= 0.3 is 4.87 Å². The molecular formula is C14H13N3OS. The van der Waals surface area contributed by atoms with Crippen molar-refractivity contribution in [3.05, 3.63) is 56.8 Å². The van der Waals surface area contributed by atoms with Crippen LogP contribution in [0.15, 0.2) is 40.6 Å². The number of thiazole rings is 1. The zero-order valence-electron chi connectivity index (χ0n) is 10.5. The van der Waals surface area contributed by atoms with Crippen LogP contribution in [0.3, 0.4) is 0 Å². The molecule has 3 rings (SSSR count). The standard InChI is InChI=1S/C14H13N3OS/c1-9-8-19-14(18)17(9)7-10-4-5-12(15)11-3-2-6-16-13(10)11/h2-6,8H,7,15H2,1H3. The van der Waals surface area contributed by atoms with Gasteiger partial charge in [0, 0.05) is 28.3 Å². The summed E-state index contributed by atoms with van der Waals surface area (Å²) in [5.41, 5.74) is 9.50. The number of fused-ring (bicyclic) bond motifs is 1. The van der Waals surface area contributed by atoms with Gasteiger partial charge in [-0.3, -0.25) is 14.3 Å². The average molecular weight is 271 g/mol. The van der Waals surface area contributed by atoms with Gasteiger partial charge in [0.05, 0.1) is 12.1 Å². The van der Waals surface area contributed by atoms with E-state index in [-0.39, 0.29) is 4.87 Å². The molecule has 96 valence electrons. The number of benzene rings is 1. The van der Waals surface area contributed by atoms with Gasteiger partial charge in [0.2, 0.25) is 0 Å². The number of nitrogen functional groups attached to an aromatic ring is 1. The molecule has 3 aromatic rings. The third-order valence-electron chi connectivity index (χ3n) is 3.19. The molecule has 0 radical (unpaired) electrons. The molecule has 0 aliphatic heterocycles. The molecule has 0 aliphatic carbocycles. The molecule has 19 heavy (non-hydrogen) atoms. The smallest absolute Gasteiger partial charge is 0.307 e. The number of nitrogens with zero attached hydrogens (tertiary/aromatic N) is 2. The number of hydrogen-bond donors (Lipinski definition) is 1. The summed E-state index contributed by atoms with van der Waals surface area (Å²) in [4.78, 5) is 16.2. The third-order valence-corrected chi connectivity index (χ3v) is 4.07. The van der Waals surface area contributed by atoms with E-state index >= 15 is 0 Å². The first kappa shape index (κ1) is 11.9. The van der Waals surface area contributed by atoms with E-state index < -0.39 is 0 Å². The first-order chi connectivity index (χ1) is 9.16. The van der Waals surface area contributed by atoms with Crippen molar-refractivity contribution < 1.29 is 0 Å². The van der Waals surface area contributed by atoms with Crippen molar-refractivity contribution in [1.82, 2.24) is 9.55 Å². The number of pyridine rings is 1. The molecule has 0 atom stereocenters. The van der Waals surface area contributed by atoms with Crippen molar-refractivity contribution in [3.8, 4) is 0 Å². The number of aromatic nitrogens is 2. The second kappa shape index (κ2) is 4.51. The zero-order valence-corrected chi connectivity index (χ0v) is 11.3. The molecule has 0 amide bonds. The Labute approximate surface area is 114 Å². The molecule has 0 saturated heterocycles. The Hall–Kier alpha value is -2.14. The highest BCUT2D eigenvalue weighted by atomic mass is 32.1. The second-order valence-electron chi connectivity index (χ2n) is 4.44. The molecule has 0 saturated carbocycles. The van der Waals surface area contributed by atoms with Crippen LogP contribution in [0, 0.1) is 6.92 Å². The maximum atomic E-state index is 11.8. The summed E-state index contributed by atoms with van der Waals surface area (Å²) < 4.78 is 1.75. The molecule has 2 heterocycles. The molecule has 0 spiro atoms. The van der Waals surface area contributed by atoms with E-state index in [0.29, 0.717) is 12.2 Å². The average Bonchev–Trinajstić information content (AvgIpc) is 2.74. The van der Waals surface area contributed by atoms with Crippen LogP contribution in [0.25, 0.3) is 10.9 Å². The first-order valence-electron chi connectivity index (χ1n) is 5.94. The predicted molar refractivity (Wildman–Crippen MR) is 78.6 cm³/mol. The van der Waals surface area contributed by atoms with Crippen molar-refractivity contribution in [2.24, 2.45) is 0 Å². The SMILES string of the molecule is Cc1csc(=O)n1Cc1ccc(N)c2cccnc12. The van der Waals surface area contributed by atoms with E-state index in [2.05, 4.69) is 4.98 Å². The summed E-state index contributed by atoms with van der Waals surface area (Å²) in [6.07, 6.45) is 1.74. The van der Waals surface area contributed by atoms with Crippen LogP contribution in [0.2, 0.25) is 0 Å². The highest BCUT2D eigenvalue weighted by Crippen LogP contribution is 2.23. The zero-order chi connectivity index (χ0) is 13.4. The number of nitrogens with two attached hydrogens (primary N) is 1. The molecule has 2 aromatic heterocycles. The van der Waals surface area contributed by atoms with Gasteiger partial charge in [-0.25, -0.2) is 0 Å². The fourth-order valence-electron chi connectivity index (χ4n) is 2.15. The topological polar surface area (TPSA) is 60.9 Å². The molecule has 5 heteroatoms. The van der Waals surface area contributed by atoms with Crippen molar-refractivity contribution in [2.45, 2.75) is 13.5 Å². The lowest BCUT2D eigenvalue weighted by Gasteiger charge is -2.09. The van der Waals surface area contributed by atoms with E-state index in [4.69, 9.17) is 5.73 Å². The van der Waals surface area contributed by atoms with Crippen LogP contribution in [0.5, 0.6) is 0 Å². The third kappa shape index (κ3) is 2.02. The summed E-state index contributed by atoms with van der Waals surface area (Å²) in [6, 6.07) is 7.62. The Bertz CT molecular complexity index is 804. The van der Waals surface area contributed by atoms with E-state index in [9.17, 15) is 4.79 Å². The second-order valence-corrected chi connectivity index (χ2v) is 5.26. The monoisotopic (exact) mass is 271 g/mol. The minimum absolute atomic E-state index is 0.0541. The van der Waals surface area contributed by atoms with Gasteiger partial charge in [-0.2, -0.15) is 0 Å². The Morgan fingerprint density at radius 3 is 2.95 bits per heavy atom. The summed E-state index contributed by atoms with van der Waals surface area (Å²) in [6.45, 7) is 2.47. The molecule has 2 N–H and O–H groups in total. The molecular weight excluding hydrogens is 258 g/mol. The quantitative estimate of drug-likeness (QED) is 0.728. The van der Waals surface area contributed by atoms with Crippen LogP contribution < -0.4 is 10.6 Å². The highest BCUT2D eigenvalue weighted by molar-refractivity contribution is 7.07. The van der Waals surface area contributed by atoms with Crippen LogP contribution in [-0.2, 0) is 6.54 Å². The van der Waals surface area contributed by atoms with Crippen molar-refractivity contribution in [3.63, 3.8) is 0 Å². The molecule has 0 bridgehead atoms. The predicted octanol–water partition coefficient (Wildman–Crippen LogP) is 2.40. The number of hydrogen-bond acceptors (Lipinski definition) is 4. The van der Waals surface area contributed by atoms with Crippen LogP contribution >= 0.6 is 11.3 Å². The van der Waals surface area contributed by atoms with Gasteiger partial charge in [-0.15, -0.1) is 0 Å². The first-order valence-corrected chi connectivity index (χ1v) is 6.82. The molecule has 4 nitrogen and oxygen atoms in total. The lowest BCUT2D eigenvalue weighted by atomic mass is 10.1. The van der Waals surface area contributed by atoms with Gasteiger partial charge in [0.1, 0.15) is 0 Å². The lowest BCUT2D eigenvalue weighted by Crippen LogP contribution is -2.15. The fraction of sp³-hybridized carbons (Fsp3) is 0.143. The lowest BCUT2D eigenvalue weighted by molar-refractivity contribution is 0.758. The van der Waals surface area contributed by atoms with Crippen LogP contribution in [0.1, 0.15) is 11.3 Å². The van der Waals surface area contributed by atoms with Crippen molar-refractivity contribution >= 4 is 27.9 Å². The van der Waals surface area contributed by atoms with E-state index in [1.165, 1.54) is 11.3 Å². The number of anilines is 1. The highest BCUT2D eigenvalue weighted by Gasteiger charge is 2.08. The minimum Gasteiger partial charge on any atom is -0.398 e. The number of aryl methyl sites for hydroxylation is 1. The van der Waals surface area contributed by atoms with E-state index in [0.717, 1.165) is 22.2 Å². The Morgan fingerprint density at radius 1 is 1.37 bits per heavy atom. The van der Waals surface area contributed by atoms with Gasteiger partial charge in [0.15, 0.2) is 0 Å². The maximum absolute atomic E-state index is 11.8. The van der Waals surface area contributed by atoms with Gasteiger partial charge in [-0.1, -0.05) is 17.4 Å². The van der Waals surface area contributed by atoms with E-state index in [1.54, 1.807) is 10.8 Å². The Kier molecular flexibility index (Phi) is 2.83. The summed E-state index contributed by atoms with van der Waals surface area (Å²) in [5.74, 6) is 0.